The first-order valence-corrected chi connectivity index (χ1v) is 7.04. The molecule has 2 rings (SSSR count). The van der Waals surface area contributed by atoms with Crippen LogP contribution in [0.2, 0.25) is 0 Å². The maximum Gasteiger partial charge on any atom is 0.284 e. The van der Waals surface area contributed by atoms with E-state index in [1.165, 1.54) is 11.3 Å². The summed E-state index contributed by atoms with van der Waals surface area (Å²) in [4.78, 5) is 14.2. The van der Waals surface area contributed by atoms with E-state index in [4.69, 9.17) is 0 Å². The molecule has 18 heavy (non-hydrogen) atoms. The van der Waals surface area contributed by atoms with Crippen LogP contribution in [-0.4, -0.2) is 41.1 Å². The molecule has 5 nitrogen and oxygen atoms in total. The lowest BCUT2D eigenvalue weighted by Gasteiger charge is -2.26. The zero-order valence-corrected chi connectivity index (χ0v) is 12.2. The molecule has 0 spiro atoms. The van der Waals surface area contributed by atoms with Crippen molar-refractivity contribution in [2.24, 2.45) is 11.3 Å². The van der Waals surface area contributed by atoms with Gasteiger partial charge in [-0.25, -0.2) is 0 Å². The van der Waals surface area contributed by atoms with E-state index in [9.17, 15) is 4.79 Å². The molecule has 1 saturated heterocycles. The largest absolute Gasteiger partial charge is 0.363 e. The number of rotatable bonds is 2. The molecule has 1 fully saturated rings. The van der Waals surface area contributed by atoms with Crippen molar-refractivity contribution in [1.82, 2.24) is 15.1 Å². The summed E-state index contributed by atoms with van der Waals surface area (Å²) in [5, 5.41) is 11.9. The molecule has 1 atom stereocenters. The first-order chi connectivity index (χ1) is 8.41. The van der Waals surface area contributed by atoms with Gasteiger partial charge in [-0.15, -0.1) is 10.2 Å². The van der Waals surface area contributed by atoms with Crippen LogP contribution in [0, 0.1) is 11.3 Å². The quantitative estimate of drug-likeness (QED) is 0.892. The van der Waals surface area contributed by atoms with Gasteiger partial charge >= 0.3 is 0 Å². The van der Waals surface area contributed by atoms with Crippen molar-refractivity contribution >= 4 is 22.4 Å². The summed E-state index contributed by atoms with van der Waals surface area (Å²) < 4.78 is 0. The van der Waals surface area contributed by atoms with Crippen LogP contribution in [0.1, 0.15) is 37.0 Å². The molecule has 1 N–H and O–H groups in total. The van der Waals surface area contributed by atoms with E-state index in [2.05, 4.69) is 36.3 Å². The summed E-state index contributed by atoms with van der Waals surface area (Å²) >= 11 is 1.31. The lowest BCUT2D eigenvalue weighted by Crippen LogP contribution is -2.31. The van der Waals surface area contributed by atoms with Crippen LogP contribution in [0.15, 0.2) is 0 Å². The second-order valence-electron chi connectivity index (χ2n) is 5.77. The van der Waals surface area contributed by atoms with Crippen LogP contribution in [0.5, 0.6) is 0 Å². The highest BCUT2D eigenvalue weighted by molar-refractivity contribution is 7.17. The number of hydrogen-bond acceptors (Lipinski definition) is 5. The molecule has 0 aromatic carbocycles. The van der Waals surface area contributed by atoms with Crippen molar-refractivity contribution in [3.63, 3.8) is 0 Å². The average Bonchev–Trinajstić information content (AvgIpc) is 2.96. The van der Waals surface area contributed by atoms with Gasteiger partial charge in [0.2, 0.25) is 10.1 Å². The lowest BCUT2D eigenvalue weighted by atomic mass is 9.80. The second kappa shape index (κ2) is 4.84. The minimum Gasteiger partial charge on any atom is -0.363 e. The molecule has 1 amide bonds. The molecular formula is C12H20N4OS. The number of nitrogens with one attached hydrogen (secondary N) is 1. The van der Waals surface area contributed by atoms with Gasteiger partial charge in [0.15, 0.2) is 0 Å². The minimum absolute atomic E-state index is 0.0146. The average molecular weight is 268 g/mol. The van der Waals surface area contributed by atoms with Gasteiger partial charge in [-0.05, 0) is 17.8 Å². The molecule has 0 saturated carbocycles. The Hall–Kier alpha value is -1.17. The summed E-state index contributed by atoms with van der Waals surface area (Å²) in [6.45, 7) is 8.35. The molecule has 100 valence electrons. The maximum absolute atomic E-state index is 12.3. The Bertz CT molecular complexity index is 438. The van der Waals surface area contributed by atoms with E-state index >= 15 is 0 Å². The van der Waals surface area contributed by atoms with Gasteiger partial charge in [0.1, 0.15) is 0 Å². The monoisotopic (exact) mass is 268 g/mol. The molecular weight excluding hydrogens is 248 g/mol. The Labute approximate surface area is 112 Å². The minimum atomic E-state index is 0.0146. The molecule has 0 radical (unpaired) electrons. The number of aromatic nitrogens is 2. The maximum atomic E-state index is 12.3. The Morgan fingerprint density at radius 3 is 2.67 bits per heavy atom. The molecule has 1 aliphatic rings. The van der Waals surface area contributed by atoms with Crippen molar-refractivity contribution in [1.29, 1.82) is 0 Å². The van der Waals surface area contributed by atoms with E-state index in [0.29, 0.717) is 16.1 Å². The Kier molecular flexibility index (Phi) is 3.56. The molecule has 1 aromatic heterocycles. The zero-order valence-electron chi connectivity index (χ0n) is 11.4. The fraction of sp³-hybridized carbons (Fsp3) is 0.750. The molecule has 1 aromatic rings. The van der Waals surface area contributed by atoms with E-state index < -0.39 is 0 Å². The summed E-state index contributed by atoms with van der Waals surface area (Å²) in [6, 6.07) is 0. The Morgan fingerprint density at radius 1 is 1.44 bits per heavy atom. The molecule has 6 heteroatoms. The van der Waals surface area contributed by atoms with Gasteiger partial charge in [-0.2, -0.15) is 0 Å². The van der Waals surface area contributed by atoms with Crippen LogP contribution in [0.4, 0.5) is 5.13 Å². The van der Waals surface area contributed by atoms with Gasteiger partial charge in [0.05, 0.1) is 0 Å². The number of carbonyl (C=O) groups excluding carboxylic acids is 1. The summed E-state index contributed by atoms with van der Waals surface area (Å²) in [6.07, 6.45) is 1.08. The van der Waals surface area contributed by atoms with Crippen LogP contribution in [0.3, 0.4) is 0 Å². The van der Waals surface area contributed by atoms with E-state index in [-0.39, 0.29) is 11.3 Å². The Balaban J connectivity index is 2.03. The van der Waals surface area contributed by atoms with Crippen molar-refractivity contribution in [3.05, 3.63) is 5.01 Å². The molecule has 1 aliphatic heterocycles. The summed E-state index contributed by atoms with van der Waals surface area (Å²) in [5.41, 5.74) is 0.256. The van der Waals surface area contributed by atoms with Crippen LogP contribution in [-0.2, 0) is 0 Å². The number of hydrogen-bond donors (Lipinski definition) is 1. The highest BCUT2D eigenvalue weighted by Crippen LogP contribution is 2.34. The number of nitrogens with zero attached hydrogens (tertiary/aromatic N) is 3. The molecule has 1 unspecified atom stereocenters. The van der Waals surface area contributed by atoms with Gasteiger partial charge in [-0.1, -0.05) is 32.1 Å². The topological polar surface area (TPSA) is 58.1 Å². The molecule has 0 bridgehead atoms. The van der Waals surface area contributed by atoms with Gasteiger partial charge < -0.3 is 10.2 Å². The summed E-state index contributed by atoms with van der Waals surface area (Å²) in [5.74, 6) is 0.582. The summed E-state index contributed by atoms with van der Waals surface area (Å²) in [7, 11) is 1.78. The van der Waals surface area contributed by atoms with Crippen molar-refractivity contribution in [2.45, 2.75) is 27.2 Å². The van der Waals surface area contributed by atoms with E-state index in [1.54, 1.807) is 7.05 Å². The third-order valence-corrected chi connectivity index (χ3v) is 4.45. The number of amides is 1. The fourth-order valence-corrected chi connectivity index (χ4v) is 2.86. The predicted molar refractivity (Wildman–Crippen MR) is 72.9 cm³/mol. The first-order valence-electron chi connectivity index (χ1n) is 6.22. The smallest absolute Gasteiger partial charge is 0.284 e. The highest BCUT2D eigenvalue weighted by atomic mass is 32.1. The van der Waals surface area contributed by atoms with Gasteiger partial charge in [-0.3, -0.25) is 4.79 Å². The van der Waals surface area contributed by atoms with Crippen LogP contribution in [0.25, 0.3) is 0 Å². The van der Waals surface area contributed by atoms with Crippen molar-refractivity contribution in [3.8, 4) is 0 Å². The predicted octanol–water partition coefficient (Wildman–Crippen LogP) is 2.09. The van der Waals surface area contributed by atoms with E-state index in [0.717, 1.165) is 19.5 Å². The van der Waals surface area contributed by atoms with Crippen LogP contribution >= 0.6 is 11.3 Å². The van der Waals surface area contributed by atoms with Crippen molar-refractivity contribution < 1.29 is 4.79 Å². The second-order valence-corrected chi connectivity index (χ2v) is 6.74. The van der Waals surface area contributed by atoms with E-state index in [1.807, 2.05) is 4.90 Å². The normalized spacial score (nSPS) is 20.2. The van der Waals surface area contributed by atoms with Crippen LogP contribution < -0.4 is 5.32 Å². The zero-order chi connectivity index (χ0) is 13.3. The third-order valence-electron chi connectivity index (χ3n) is 3.52. The molecule has 0 aliphatic carbocycles. The third kappa shape index (κ3) is 2.63. The fourth-order valence-electron chi connectivity index (χ4n) is 2.20. The van der Waals surface area contributed by atoms with Gasteiger partial charge in [0.25, 0.3) is 5.91 Å². The molecule has 2 heterocycles. The number of anilines is 1. The Morgan fingerprint density at radius 2 is 2.17 bits per heavy atom. The lowest BCUT2D eigenvalue weighted by molar-refractivity contribution is 0.0775. The number of carbonyl (C=O) groups is 1. The van der Waals surface area contributed by atoms with Gasteiger partial charge in [0, 0.05) is 20.1 Å². The number of likely N-dealkylation sites (tertiary alicyclic amines) is 1. The van der Waals surface area contributed by atoms with Crippen molar-refractivity contribution in [2.75, 3.05) is 25.5 Å². The standard InChI is InChI=1S/C12H20N4OS/c1-12(2,3)8-5-6-16(7-8)10(17)9-14-15-11(13-4)18-9/h8H,5-7H2,1-4H3,(H,13,15). The SMILES string of the molecule is CNc1nnc(C(=O)N2CCC(C(C)(C)C)C2)s1. The highest BCUT2D eigenvalue weighted by Gasteiger charge is 2.35. The first kappa shape index (κ1) is 13.3.